The lowest BCUT2D eigenvalue weighted by atomic mass is 9.49. The molecule has 15 atom stereocenters. The number of aldehydes is 1. The fraction of sp³-hybridized carbons (Fsp3) is 0.659. The molecule has 1 saturated carbocycles. The first-order valence-corrected chi connectivity index (χ1v) is 19.3. The van der Waals surface area contributed by atoms with Gasteiger partial charge in [0.2, 0.25) is 5.78 Å². The average molecular weight is 784 g/mol. The molecule has 2 heterocycles. The SMILES string of the molecule is COC(=O)N[C@H]1[C@@H](C)O[C@@H](O[C@H]2C/C=C(/C)[C@@H]3C=C[C@H]4[C@@H](O)[C@@H](C)C[C@H](C)[C@H]4[C@]3(C)C(O)=C3C(=O)O[C@]4(CC(C=O)=C[C@@H](O)[C@@H]4/C=C/2C)C3=O)C[C@]1(C)N([O-])O. The number of nitrogens with zero attached hydrogens (tertiary/aromatic N) is 1. The van der Waals surface area contributed by atoms with E-state index >= 15 is 0 Å². The molecular formula is C41H55N2O13-. The third kappa shape index (κ3) is 6.68. The molecule has 0 aromatic rings. The number of ketones is 1. The van der Waals surface area contributed by atoms with E-state index in [0.29, 0.717) is 18.3 Å². The smallest absolute Gasteiger partial charge is 0.407 e. The standard InChI is InChI=1S/C41H55N2O13/c1-19-9-12-29(55-30-17-39(6,43(51)52)34(23(5)54-30)42-38(50)53-8)20(2)14-27-28(45)15-24(18-44)16-41(27)36(48)31(37(49)56-41)35(47)40(7)26(19)11-10-25-32(40)21(3)13-22(4)33(25)46/h9-11,14-15,18,21-23,25-30,32-34,45-47,51H,12-13,16-17H2,1-8H3,(H,42,50)/q-1/b19-9-,20-14+,35-31?/t21-,22-,23+,25+,26-,27-,28+,29-,30-,32+,33-,34-,39-,40+,41-/m0/s1. The van der Waals surface area contributed by atoms with Gasteiger partial charge in [-0.2, -0.15) is 0 Å². The number of aliphatic hydroxyl groups excluding tert-OH is 3. The summed E-state index contributed by atoms with van der Waals surface area (Å²) < 4.78 is 23.5. The Hall–Kier alpha value is -3.70. The summed E-state index contributed by atoms with van der Waals surface area (Å²) in [5.41, 5.74) is -4.23. The molecule has 4 aliphatic carbocycles. The Kier molecular flexibility index (Phi) is 11.4. The number of nitrogens with one attached hydrogen (secondary N) is 1. The lowest BCUT2D eigenvalue weighted by molar-refractivity contribution is -0.267. The van der Waals surface area contributed by atoms with Gasteiger partial charge in [0.15, 0.2) is 11.9 Å². The molecule has 1 amide bonds. The molecule has 2 saturated heterocycles. The van der Waals surface area contributed by atoms with E-state index in [4.69, 9.17) is 18.9 Å². The Morgan fingerprint density at radius 1 is 1.09 bits per heavy atom. The zero-order valence-electron chi connectivity index (χ0n) is 33.1. The van der Waals surface area contributed by atoms with Crippen LogP contribution in [0.4, 0.5) is 4.79 Å². The molecule has 2 aliphatic heterocycles. The number of rotatable bonds is 5. The predicted octanol–water partition coefficient (Wildman–Crippen LogP) is 4.12. The van der Waals surface area contributed by atoms with E-state index in [1.54, 1.807) is 19.9 Å². The third-order valence-electron chi connectivity index (χ3n) is 13.8. The van der Waals surface area contributed by atoms with Crippen LogP contribution in [0, 0.1) is 46.1 Å². The first-order chi connectivity index (χ1) is 26.2. The van der Waals surface area contributed by atoms with Crippen molar-refractivity contribution in [1.29, 1.82) is 0 Å². The van der Waals surface area contributed by atoms with Crippen LogP contribution in [0.25, 0.3) is 0 Å². The van der Waals surface area contributed by atoms with Crippen molar-refractivity contribution in [2.75, 3.05) is 7.11 Å². The summed E-state index contributed by atoms with van der Waals surface area (Å²) in [4.78, 5) is 53.3. The monoisotopic (exact) mass is 783 g/mol. The Morgan fingerprint density at radius 2 is 1.79 bits per heavy atom. The van der Waals surface area contributed by atoms with E-state index < -0.39 is 106 Å². The van der Waals surface area contributed by atoms with Crippen molar-refractivity contribution in [2.45, 2.75) is 122 Å². The number of carbonyl (C=O) groups is 4. The molecule has 6 rings (SSSR count). The highest BCUT2D eigenvalue weighted by Crippen LogP contribution is 2.60. The van der Waals surface area contributed by atoms with Crippen LogP contribution < -0.4 is 5.32 Å². The number of esters is 1. The Morgan fingerprint density at radius 3 is 2.43 bits per heavy atom. The fourth-order valence-electron chi connectivity index (χ4n) is 10.8. The molecule has 15 nitrogen and oxygen atoms in total. The lowest BCUT2D eigenvalue weighted by Crippen LogP contribution is -2.67. The number of hydroxylamine groups is 2. The largest absolute Gasteiger partial charge is 0.762 e. The molecule has 0 aromatic carbocycles. The molecule has 3 fully saturated rings. The van der Waals surface area contributed by atoms with Crippen molar-refractivity contribution in [3.63, 3.8) is 0 Å². The Balaban J connectivity index is 1.51. The topological polar surface area (TPSA) is 224 Å². The van der Waals surface area contributed by atoms with Gasteiger partial charge < -0.3 is 50.0 Å². The fourth-order valence-corrected chi connectivity index (χ4v) is 10.8. The molecule has 6 aliphatic rings. The molecule has 0 aromatic heterocycles. The number of methoxy groups -OCH3 is 1. The number of ether oxygens (including phenoxy) is 4. The summed E-state index contributed by atoms with van der Waals surface area (Å²) >= 11 is 0. The van der Waals surface area contributed by atoms with Gasteiger partial charge in [-0.05, 0) is 75.5 Å². The number of carbonyl (C=O) groups excluding carboxylic acids is 4. The summed E-state index contributed by atoms with van der Waals surface area (Å²) in [6.07, 6.45) is 3.60. The van der Waals surface area contributed by atoms with Gasteiger partial charge in [0.05, 0.1) is 49.0 Å². The minimum Gasteiger partial charge on any atom is -0.762 e. The molecule has 1 spiro atoms. The molecule has 308 valence electrons. The van der Waals surface area contributed by atoms with E-state index in [1.807, 2.05) is 45.9 Å². The van der Waals surface area contributed by atoms with Gasteiger partial charge in [-0.3, -0.25) is 14.8 Å². The van der Waals surface area contributed by atoms with Crippen LogP contribution in [0.1, 0.15) is 74.1 Å². The van der Waals surface area contributed by atoms with Gasteiger partial charge in [0.25, 0.3) is 0 Å². The van der Waals surface area contributed by atoms with Gasteiger partial charge in [0.1, 0.15) is 17.6 Å². The van der Waals surface area contributed by atoms with Gasteiger partial charge in [-0.25, -0.2) is 9.59 Å². The number of alkyl carbamates (subject to hydrolysis) is 1. The average Bonchev–Trinajstić information content (AvgIpc) is 3.38. The highest BCUT2D eigenvalue weighted by molar-refractivity contribution is 6.26. The summed E-state index contributed by atoms with van der Waals surface area (Å²) in [7, 11) is 1.17. The minimum atomic E-state index is -2.09. The maximum Gasteiger partial charge on any atom is 0.407 e. The van der Waals surface area contributed by atoms with Crippen LogP contribution in [0.3, 0.4) is 0 Å². The lowest BCUT2D eigenvalue weighted by Gasteiger charge is -2.55. The summed E-state index contributed by atoms with van der Waals surface area (Å²) in [5.74, 6) is -5.08. The molecule has 5 N–H and O–H groups in total. The quantitative estimate of drug-likeness (QED) is 0.0870. The zero-order valence-corrected chi connectivity index (χ0v) is 33.1. The summed E-state index contributed by atoms with van der Waals surface area (Å²) in [6.45, 7) is 12.5. The first kappa shape index (κ1) is 41.9. The molecular weight excluding hydrogens is 728 g/mol. The van der Waals surface area contributed by atoms with Gasteiger partial charge in [-0.15, -0.1) is 0 Å². The number of amides is 1. The number of hydrogen-bond acceptors (Lipinski definition) is 14. The van der Waals surface area contributed by atoms with Crippen LogP contribution in [-0.4, -0.2) is 105 Å². The highest BCUT2D eigenvalue weighted by Gasteiger charge is 2.64. The second kappa shape index (κ2) is 15.2. The zero-order chi connectivity index (χ0) is 41.2. The normalized spacial score (nSPS) is 45.9. The number of hydrogen-bond donors (Lipinski definition) is 5. The minimum absolute atomic E-state index is 0.0405. The number of allylic oxidation sites excluding steroid dienone is 3. The summed E-state index contributed by atoms with van der Waals surface area (Å²) in [6, 6.07) is -1.01. The molecule has 0 unspecified atom stereocenters. The van der Waals surface area contributed by atoms with E-state index in [0.717, 1.165) is 5.57 Å². The van der Waals surface area contributed by atoms with Crippen molar-refractivity contribution in [2.24, 2.45) is 40.9 Å². The third-order valence-corrected chi connectivity index (χ3v) is 13.8. The molecule has 15 heteroatoms. The van der Waals surface area contributed by atoms with Crippen molar-refractivity contribution >= 4 is 24.1 Å². The van der Waals surface area contributed by atoms with Crippen molar-refractivity contribution < 1.29 is 58.7 Å². The van der Waals surface area contributed by atoms with Gasteiger partial charge >= 0.3 is 12.1 Å². The second-order valence-electron chi connectivity index (χ2n) is 17.3. The van der Waals surface area contributed by atoms with Crippen molar-refractivity contribution in [3.8, 4) is 0 Å². The van der Waals surface area contributed by atoms with Crippen LogP contribution in [0.15, 0.2) is 58.4 Å². The van der Waals surface area contributed by atoms with Crippen LogP contribution in [-0.2, 0) is 33.3 Å². The number of fused-ring (bicyclic) bond motifs is 4. The molecule has 2 bridgehead atoms. The van der Waals surface area contributed by atoms with Crippen LogP contribution in [0.5, 0.6) is 0 Å². The Labute approximate surface area is 326 Å². The predicted molar refractivity (Wildman–Crippen MR) is 199 cm³/mol. The maximum atomic E-state index is 14.9. The summed E-state index contributed by atoms with van der Waals surface area (Å²) in [5, 5.41) is 60.9. The molecule has 0 radical (unpaired) electrons. The van der Waals surface area contributed by atoms with Crippen molar-refractivity contribution in [1.82, 2.24) is 10.5 Å². The van der Waals surface area contributed by atoms with Crippen LogP contribution in [0.2, 0.25) is 0 Å². The van der Waals surface area contributed by atoms with Crippen LogP contribution >= 0.6 is 0 Å². The second-order valence-corrected chi connectivity index (χ2v) is 17.3. The van der Waals surface area contributed by atoms with Gasteiger partial charge in [0, 0.05) is 30.1 Å². The Bertz CT molecular complexity index is 1780. The van der Waals surface area contributed by atoms with E-state index in [1.165, 1.54) is 20.1 Å². The first-order valence-electron chi connectivity index (χ1n) is 19.3. The van der Waals surface area contributed by atoms with E-state index in [9.17, 15) is 44.9 Å². The number of Topliss-reactive ketones (excluding diaryl/α,β-unsaturated/α-hetero) is 1. The van der Waals surface area contributed by atoms with Crippen molar-refractivity contribution in [3.05, 3.63) is 63.6 Å². The van der Waals surface area contributed by atoms with E-state index in [-0.39, 0.29) is 41.9 Å². The maximum absolute atomic E-state index is 14.9. The highest BCUT2D eigenvalue weighted by atomic mass is 16.8. The van der Waals surface area contributed by atoms with E-state index in [2.05, 4.69) is 5.32 Å². The number of aliphatic hydroxyl groups is 3. The van der Waals surface area contributed by atoms with Gasteiger partial charge in [-0.1, -0.05) is 50.6 Å². The molecule has 56 heavy (non-hydrogen) atoms.